The molecule has 1 aliphatic carbocycles. The molecule has 0 radical (unpaired) electrons. The van der Waals surface area contributed by atoms with Crippen molar-refractivity contribution in [3.63, 3.8) is 0 Å². The van der Waals surface area contributed by atoms with Crippen molar-refractivity contribution in [3.8, 4) is 0 Å². The molecule has 108 valence electrons. The Kier molecular flexibility index (Phi) is 4.29. The summed E-state index contributed by atoms with van der Waals surface area (Å²) in [4.78, 5) is 14.2. The number of aromatic nitrogens is 1. The summed E-state index contributed by atoms with van der Waals surface area (Å²) in [5, 5.41) is 0. The second-order valence-corrected chi connectivity index (χ2v) is 6.92. The summed E-state index contributed by atoms with van der Waals surface area (Å²) < 4.78 is 5.12. The zero-order valence-electron chi connectivity index (χ0n) is 11.5. The van der Waals surface area contributed by atoms with Crippen LogP contribution in [0.15, 0.2) is 27.4 Å². The predicted molar refractivity (Wildman–Crippen MR) is 84.3 cm³/mol. The van der Waals surface area contributed by atoms with Crippen molar-refractivity contribution < 1.29 is 4.42 Å². The number of halogens is 1. The van der Waals surface area contributed by atoms with Crippen molar-refractivity contribution >= 4 is 27.0 Å². The molecule has 1 saturated carbocycles. The molecule has 0 aliphatic heterocycles. The molecule has 1 aliphatic rings. The maximum absolute atomic E-state index is 11.2. The monoisotopic (exact) mass is 337 g/mol. The molecule has 0 spiro atoms. The van der Waals surface area contributed by atoms with Crippen molar-refractivity contribution in [3.05, 3.63) is 34.3 Å². The minimum Gasteiger partial charge on any atom is -0.408 e. The van der Waals surface area contributed by atoms with Crippen LogP contribution in [0.25, 0.3) is 11.1 Å². The van der Waals surface area contributed by atoms with E-state index >= 15 is 0 Å². The molecule has 1 fully saturated rings. The van der Waals surface area contributed by atoms with Crippen LogP contribution in [0.4, 0.5) is 0 Å². The highest BCUT2D eigenvalue weighted by Crippen LogP contribution is 2.34. The van der Waals surface area contributed by atoms with E-state index in [9.17, 15) is 4.79 Å². The fourth-order valence-corrected chi connectivity index (χ4v) is 3.73. The summed E-state index contributed by atoms with van der Waals surface area (Å²) in [6.07, 6.45) is 9.43. The van der Waals surface area contributed by atoms with Crippen LogP contribution in [0.3, 0.4) is 0 Å². The van der Waals surface area contributed by atoms with Gasteiger partial charge in [0.05, 0.1) is 5.52 Å². The highest BCUT2D eigenvalue weighted by Gasteiger charge is 2.16. The van der Waals surface area contributed by atoms with E-state index in [0.717, 1.165) is 17.9 Å². The van der Waals surface area contributed by atoms with E-state index in [-0.39, 0.29) is 5.76 Å². The average molecular weight is 338 g/mol. The van der Waals surface area contributed by atoms with Crippen LogP contribution < -0.4 is 5.76 Å². The van der Waals surface area contributed by atoms with Crippen LogP contribution in [0.2, 0.25) is 0 Å². The van der Waals surface area contributed by atoms with E-state index in [1.54, 1.807) is 0 Å². The van der Waals surface area contributed by atoms with Gasteiger partial charge in [-0.3, -0.25) is 4.98 Å². The second kappa shape index (κ2) is 6.17. The summed E-state index contributed by atoms with van der Waals surface area (Å²) in [7, 11) is 0. The first-order valence-electron chi connectivity index (χ1n) is 7.49. The van der Waals surface area contributed by atoms with Gasteiger partial charge in [-0.1, -0.05) is 54.1 Å². The van der Waals surface area contributed by atoms with Gasteiger partial charge in [0.15, 0.2) is 5.58 Å². The largest absolute Gasteiger partial charge is 0.417 e. The molecule has 1 aromatic heterocycles. The van der Waals surface area contributed by atoms with E-state index in [0.29, 0.717) is 10.4 Å². The van der Waals surface area contributed by atoms with Crippen molar-refractivity contribution in [2.45, 2.75) is 49.8 Å². The number of benzene rings is 1. The molecule has 3 nitrogen and oxygen atoms in total. The van der Waals surface area contributed by atoms with E-state index in [1.165, 1.54) is 44.1 Å². The number of oxazole rings is 1. The van der Waals surface area contributed by atoms with Gasteiger partial charge in [0.2, 0.25) is 0 Å². The summed E-state index contributed by atoms with van der Waals surface area (Å²) in [6, 6.07) is 5.95. The lowest BCUT2D eigenvalue weighted by molar-refractivity contribution is 0.332. The number of aromatic amines is 1. The molecule has 0 bridgehead atoms. The highest BCUT2D eigenvalue weighted by atomic mass is 79.9. The Hall–Kier alpha value is -1.03. The van der Waals surface area contributed by atoms with Crippen molar-refractivity contribution in [2.24, 2.45) is 5.92 Å². The van der Waals surface area contributed by atoms with Crippen LogP contribution in [0, 0.1) is 5.92 Å². The zero-order chi connectivity index (χ0) is 13.9. The molecular weight excluding hydrogens is 318 g/mol. The lowest BCUT2D eigenvalue weighted by Gasteiger charge is -2.22. The highest BCUT2D eigenvalue weighted by molar-refractivity contribution is 9.09. The third-order valence-electron chi connectivity index (χ3n) is 4.36. The first kappa shape index (κ1) is 13.9. The number of hydrogen-bond donors (Lipinski definition) is 1. The Morgan fingerprint density at radius 3 is 2.90 bits per heavy atom. The molecule has 1 aromatic carbocycles. The number of nitrogens with one attached hydrogen (secondary N) is 1. The fraction of sp³-hybridized carbons (Fsp3) is 0.562. The van der Waals surface area contributed by atoms with Crippen LogP contribution >= 0.6 is 15.9 Å². The summed E-state index contributed by atoms with van der Waals surface area (Å²) in [5.74, 6) is 0.517. The number of H-pyrrole nitrogens is 1. The third-order valence-corrected chi connectivity index (χ3v) is 5.35. The Labute approximate surface area is 126 Å². The molecule has 0 amide bonds. The van der Waals surface area contributed by atoms with Crippen molar-refractivity contribution in [1.29, 1.82) is 0 Å². The van der Waals surface area contributed by atoms with Crippen molar-refractivity contribution in [1.82, 2.24) is 4.98 Å². The standard InChI is InChI=1S/C16H20BrNO2/c17-13(8-6-11-4-2-1-3-5-11)12-7-9-14-15(10-12)20-16(19)18-14/h7,9-11,13H,1-6,8H2,(H,18,19). The Bertz CT molecular complexity index is 625. The van der Waals surface area contributed by atoms with Gasteiger partial charge in [-0.15, -0.1) is 0 Å². The Morgan fingerprint density at radius 2 is 2.10 bits per heavy atom. The quantitative estimate of drug-likeness (QED) is 0.805. The molecule has 1 heterocycles. The van der Waals surface area contributed by atoms with Crippen LogP contribution in [-0.2, 0) is 0 Å². The Balaban J connectivity index is 1.65. The molecule has 1 atom stereocenters. The maximum Gasteiger partial charge on any atom is 0.417 e. The molecule has 1 N–H and O–H groups in total. The molecule has 2 aromatic rings. The number of hydrogen-bond acceptors (Lipinski definition) is 2. The van der Waals surface area contributed by atoms with Gasteiger partial charge in [0, 0.05) is 4.83 Å². The van der Waals surface area contributed by atoms with Crippen LogP contribution in [0.5, 0.6) is 0 Å². The van der Waals surface area contributed by atoms with Crippen molar-refractivity contribution in [2.75, 3.05) is 0 Å². The Morgan fingerprint density at radius 1 is 1.30 bits per heavy atom. The van der Waals surface area contributed by atoms with Crippen LogP contribution in [-0.4, -0.2) is 4.98 Å². The second-order valence-electron chi connectivity index (χ2n) is 5.82. The van der Waals surface area contributed by atoms with E-state index in [4.69, 9.17) is 4.42 Å². The minimum atomic E-state index is -0.384. The molecule has 1 unspecified atom stereocenters. The maximum atomic E-state index is 11.2. The predicted octanol–water partition coefficient (Wildman–Crippen LogP) is 4.92. The lowest BCUT2D eigenvalue weighted by atomic mass is 9.85. The molecule has 3 rings (SSSR count). The van der Waals surface area contributed by atoms with Gasteiger partial charge >= 0.3 is 5.76 Å². The van der Waals surface area contributed by atoms with Gasteiger partial charge in [-0.25, -0.2) is 4.79 Å². The van der Waals surface area contributed by atoms with E-state index in [2.05, 4.69) is 27.0 Å². The first-order valence-corrected chi connectivity index (χ1v) is 8.41. The van der Waals surface area contributed by atoms with E-state index < -0.39 is 0 Å². The third kappa shape index (κ3) is 3.17. The van der Waals surface area contributed by atoms with Gasteiger partial charge in [0.25, 0.3) is 0 Å². The number of rotatable bonds is 4. The van der Waals surface area contributed by atoms with Gasteiger partial charge in [-0.05, 0) is 36.5 Å². The molecule has 0 saturated heterocycles. The van der Waals surface area contributed by atoms with Gasteiger partial charge in [-0.2, -0.15) is 0 Å². The first-order chi connectivity index (χ1) is 9.72. The molecular formula is C16H20BrNO2. The zero-order valence-corrected chi connectivity index (χ0v) is 13.1. The van der Waals surface area contributed by atoms with Gasteiger partial charge < -0.3 is 4.42 Å². The average Bonchev–Trinajstić information content (AvgIpc) is 2.85. The normalized spacial score (nSPS) is 18.4. The van der Waals surface area contributed by atoms with Gasteiger partial charge in [0.1, 0.15) is 0 Å². The van der Waals surface area contributed by atoms with E-state index in [1.807, 2.05) is 12.1 Å². The lowest BCUT2D eigenvalue weighted by Crippen LogP contribution is -2.07. The number of fused-ring (bicyclic) bond motifs is 1. The smallest absolute Gasteiger partial charge is 0.408 e. The minimum absolute atomic E-state index is 0.342. The SMILES string of the molecule is O=c1[nH]c2ccc(C(Br)CCC3CCCCC3)cc2o1. The molecule has 20 heavy (non-hydrogen) atoms. The molecule has 4 heteroatoms. The summed E-state index contributed by atoms with van der Waals surface area (Å²) in [5.41, 5.74) is 2.61. The summed E-state index contributed by atoms with van der Waals surface area (Å²) in [6.45, 7) is 0. The topological polar surface area (TPSA) is 46.0 Å². The fourth-order valence-electron chi connectivity index (χ4n) is 3.18. The summed E-state index contributed by atoms with van der Waals surface area (Å²) >= 11 is 3.78. The van der Waals surface area contributed by atoms with Crippen LogP contribution in [0.1, 0.15) is 55.3 Å². The number of alkyl halides is 1.